The number of fused-ring (bicyclic) bond motifs is 1. The molecule has 2 aromatic rings. The maximum atomic E-state index is 12.5. The number of hydrogen-bond donors (Lipinski definition) is 2. The van der Waals surface area contributed by atoms with E-state index in [4.69, 9.17) is 0 Å². The molecule has 0 unspecified atom stereocenters. The van der Waals surface area contributed by atoms with E-state index in [1.54, 1.807) is 0 Å². The van der Waals surface area contributed by atoms with Crippen LogP contribution in [0.15, 0.2) is 6.07 Å². The Hall–Kier alpha value is -1.40. The molecule has 0 atom stereocenters. The van der Waals surface area contributed by atoms with Gasteiger partial charge < -0.3 is 10.6 Å². The van der Waals surface area contributed by atoms with Gasteiger partial charge in [0.05, 0.1) is 10.6 Å². The molecule has 0 aromatic carbocycles. The number of carbonyl (C=O) groups is 1. The fourth-order valence-electron chi connectivity index (χ4n) is 3.19. The van der Waals surface area contributed by atoms with E-state index < -0.39 is 0 Å². The van der Waals surface area contributed by atoms with E-state index in [0.717, 1.165) is 53.3 Å². The summed E-state index contributed by atoms with van der Waals surface area (Å²) in [6.07, 6.45) is 2.22. The van der Waals surface area contributed by atoms with Gasteiger partial charge >= 0.3 is 0 Å². The molecule has 2 aromatic heterocycles. The van der Waals surface area contributed by atoms with Crippen LogP contribution >= 0.6 is 11.3 Å². The van der Waals surface area contributed by atoms with Crippen LogP contribution in [0.25, 0.3) is 10.2 Å². The molecule has 0 aliphatic carbocycles. The van der Waals surface area contributed by atoms with Crippen LogP contribution < -0.4 is 10.6 Å². The summed E-state index contributed by atoms with van der Waals surface area (Å²) in [4.78, 5) is 14.4. The van der Waals surface area contributed by atoms with E-state index in [9.17, 15) is 4.79 Å². The Balaban J connectivity index is 1.75. The molecular formula is C17H26N4OS. The van der Waals surface area contributed by atoms with Crippen molar-refractivity contribution in [3.05, 3.63) is 16.6 Å². The molecule has 3 heterocycles. The molecule has 6 heteroatoms. The van der Waals surface area contributed by atoms with E-state index in [2.05, 4.69) is 36.5 Å². The van der Waals surface area contributed by atoms with Crippen molar-refractivity contribution in [1.29, 1.82) is 0 Å². The number of piperidine rings is 1. The zero-order valence-corrected chi connectivity index (χ0v) is 15.2. The molecule has 1 amide bonds. The molecule has 5 nitrogen and oxygen atoms in total. The Morgan fingerprint density at radius 2 is 2.17 bits per heavy atom. The minimum Gasteiger partial charge on any atom is -0.351 e. The fourth-order valence-corrected chi connectivity index (χ4v) is 4.19. The van der Waals surface area contributed by atoms with E-state index in [1.807, 2.05) is 17.8 Å². The van der Waals surface area contributed by atoms with Gasteiger partial charge in [-0.1, -0.05) is 20.8 Å². The number of thiophene rings is 1. The van der Waals surface area contributed by atoms with Gasteiger partial charge in [0.1, 0.15) is 4.83 Å². The van der Waals surface area contributed by atoms with Gasteiger partial charge in [0, 0.05) is 19.0 Å². The van der Waals surface area contributed by atoms with Crippen LogP contribution in [0.5, 0.6) is 0 Å². The van der Waals surface area contributed by atoms with Gasteiger partial charge in [0.25, 0.3) is 5.91 Å². The Kier molecular flexibility index (Phi) is 4.47. The van der Waals surface area contributed by atoms with Crippen molar-refractivity contribution in [2.24, 2.45) is 12.5 Å². The van der Waals surface area contributed by atoms with Crippen molar-refractivity contribution >= 4 is 27.5 Å². The highest BCUT2D eigenvalue weighted by Gasteiger charge is 2.27. The maximum Gasteiger partial charge on any atom is 0.261 e. The van der Waals surface area contributed by atoms with Crippen LogP contribution in [0.2, 0.25) is 0 Å². The SMILES string of the molecule is CC(C)c1nn(C)c2sc(C(=O)NCC3(C)CCNCC3)cc12. The summed E-state index contributed by atoms with van der Waals surface area (Å²) in [5, 5.41) is 12.2. The van der Waals surface area contributed by atoms with Gasteiger partial charge in [0.2, 0.25) is 0 Å². The van der Waals surface area contributed by atoms with Crippen molar-refractivity contribution in [3.63, 3.8) is 0 Å². The summed E-state index contributed by atoms with van der Waals surface area (Å²) in [6, 6.07) is 2.00. The van der Waals surface area contributed by atoms with Crippen molar-refractivity contribution in [2.45, 2.75) is 39.5 Å². The average molecular weight is 334 g/mol. The van der Waals surface area contributed by atoms with Crippen molar-refractivity contribution in [1.82, 2.24) is 20.4 Å². The highest BCUT2D eigenvalue weighted by atomic mass is 32.1. The standard InChI is InChI=1S/C17H26N4OS/c1-11(2)14-12-9-13(23-16(12)21(4)20-14)15(22)19-10-17(3)5-7-18-8-6-17/h9,11,18H,5-8,10H2,1-4H3,(H,19,22). The first kappa shape index (κ1) is 16.5. The number of hydrogen-bond acceptors (Lipinski definition) is 4. The zero-order valence-electron chi connectivity index (χ0n) is 14.4. The van der Waals surface area contributed by atoms with Crippen molar-refractivity contribution in [2.75, 3.05) is 19.6 Å². The number of nitrogens with one attached hydrogen (secondary N) is 2. The second-order valence-electron chi connectivity index (χ2n) is 7.24. The number of carbonyl (C=O) groups excluding carboxylic acids is 1. The van der Waals surface area contributed by atoms with Crippen LogP contribution in [-0.2, 0) is 7.05 Å². The summed E-state index contributed by atoms with van der Waals surface area (Å²) in [5.74, 6) is 0.401. The highest BCUT2D eigenvalue weighted by molar-refractivity contribution is 7.20. The van der Waals surface area contributed by atoms with Gasteiger partial charge in [-0.15, -0.1) is 11.3 Å². The average Bonchev–Trinajstić information content (AvgIpc) is 3.07. The summed E-state index contributed by atoms with van der Waals surface area (Å²) < 4.78 is 1.89. The maximum absolute atomic E-state index is 12.5. The van der Waals surface area contributed by atoms with E-state index in [-0.39, 0.29) is 11.3 Å². The van der Waals surface area contributed by atoms with Crippen LogP contribution in [0, 0.1) is 5.41 Å². The van der Waals surface area contributed by atoms with Crippen LogP contribution in [-0.4, -0.2) is 35.3 Å². The molecular weight excluding hydrogens is 308 g/mol. The lowest BCUT2D eigenvalue weighted by molar-refractivity contribution is 0.0926. The first-order valence-electron chi connectivity index (χ1n) is 8.35. The number of rotatable bonds is 4. The minimum atomic E-state index is 0.0423. The molecule has 23 heavy (non-hydrogen) atoms. The van der Waals surface area contributed by atoms with Crippen LogP contribution in [0.3, 0.4) is 0 Å². The number of aromatic nitrogens is 2. The summed E-state index contributed by atoms with van der Waals surface area (Å²) in [7, 11) is 1.95. The Morgan fingerprint density at radius 1 is 1.48 bits per heavy atom. The lowest BCUT2D eigenvalue weighted by Crippen LogP contribution is -2.42. The molecule has 3 rings (SSSR count). The van der Waals surface area contributed by atoms with Gasteiger partial charge in [-0.25, -0.2) is 0 Å². The molecule has 126 valence electrons. The Bertz CT molecular complexity index is 710. The molecule has 0 bridgehead atoms. The van der Waals surface area contributed by atoms with Crippen LogP contribution in [0.1, 0.15) is 54.9 Å². The summed E-state index contributed by atoms with van der Waals surface area (Å²) in [5.41, 5.74) is 1.28. The van der Waals surface area contributed by atoms with E-state index in [1.165, 1.54) is 11.3 Å². The monoisotopic (exact) mass is 334 g/mol. The Labute approximate surface area is 141 Å². The van der Waals surface area contributed by atoms with Gasteiger partial charge in [0.15, 0.2) is 0 Å². The van der Waals surface area contributed by atoms with E-state index >= 15 is 0 Å². The summed E-state index contributed by atoms with van der Waals surface area (Å²) >= 11 is 1.53. The number of amides is 1. The molecule has 1 aliphatic heterocycles. The fraction of sp³-hybridized carbons (Fsp3) is 0.647. The smallest absolute Gasteiger partial charge is 0.261 e. The first-order chi connectivity index (χ1) is 10.9. The van der Waals surface area contributed by atoms with Crippen molar-refractivity contribution in [3.8, 4) is 0 Å². The minimum absolute atomic E-state index is 0.0423. The predicted molar refractivity (Wildman–Crippen MR) is 95.2 cm³/mol. The predicted octanol–water partition coefficient (Wildman–Crippen LogP) is 2.88. The first-order valence-corrected chi connectivity index (χ1v) is 9.17. The Morgan fingerprint density at radius 3 is 2.83 bits per heavy atom. The molecule has 1 aliphatic rings. The van der Waals surface area contributed by atoms with Gasteiger partial charge in [-0.05, 0) is 43.3 Å². The quantitative estimate of drug-likeness (QED) is 0.904. The third-order valence-electron chi connectivity index (χ3n) is 4.80. The van der Waals surface area contributed by atoms with Crippen molar-refractivity contribution < 1.29 is 4.79 Å². The lowest BCUT2D eigenvalue weighted by atomic mass is 9.81. The second-order valence-corrected chi connectivity index (χ2v) is 8.27. The normalized spacial score (nSPS) is 17.8. The molecule has 0 spiro atoms. The van der Waals surface area contributed by atoms with Gasteiger partial charge in [-0.3, -0.25) is 9.48 Å². The highest BCUT2D eigenvalue weighted by Crippen LogP contribution is 2.32. The van der Waals surface area contributed by atoms with E-state index in [0.29, 0.717) is 5.92 Å². The number of nitrogens with zero attached hydrogens (tertiary/aromatic N) is 2. The lowest BCUT2D eigenvalue weighted by Gasteiger charge is -2.34. The van der Waals surface area contributed by atoms with Crippen LogP contribution in [0.4, 0.5) is 0 Å². The third-order valence-corrected chi connectivity index (χ3v) is 6.00. The number of aryl methyl sites for hydroxylation is 1. The third kappa shape index (κ3) is 3.28. The molecule has 1 fully saturated rings. The summed E-state index contributed by atoms with van der Waals surface area (Å²) in [6.45, 7) is 9.36. The zero-order chi connectivity index (χ0) is 16.6. The topological polar surface area (TPSA) is 59.0 Å². The molecule has 0 radical (unpaired) electrons. The van der Waals surface area contributed by atoms with Gasteiger partial charge in [-0.2, -0.15) is 5.10 Å². The molecule has 0 saturated carbocycles. The molecule has 2 N–H and O–H groups in total. The largest absolute Gasteiger partial charge is 0.351 e. The molecule has 1 saturated heterocycles. The second kappa shape index (κ2) is 6.24.